The van der Waals surface area contributed by atoms with E-state index in [-0.39, 0.29) is 40.8 Å². The van der Waals surface area contributed by atoms with Gasteiger partial charge in [0.25, 0.3) is 0 Å². The maximum Gasteiger partial charge on any atom is 0.200 e. The first-order valence-corrected chi connectivity index (χ1v) is 12.5. The van der Waals surface area contributed by atoms with Gasteiger partial charge in [0, 0.05) is 53.2 Å². The van der Waals surface area contributed by atoms with Crippen LogP contribution in [0.25, 0.3) is 0 Å². The third kappa shape index (κ3) is 21.6. The second-order valence-electron chi connectivity index (χ2n) is 7.24. The van der Waals surface area contributed by atoms with Crippen LogP contribution >= 0.6 is 7.37 Å². The third-order valence-corrected chi connectivity index (χ3v) is 6.75. The quantitative estimate of drug-likeness (QED) is 0.159. The van der Waals surface area contributed by atoms with Crippen molar-refractivity contribution in [1.29, 1.82) is 0 Å². The smallest absolute Gasteiger partial charge is 0.200 e. The first-order chi connectivity index (χ1) is 11.1. The van der Waals surface area contributed by atoms with Crippen molar-refractivity contribution >= 4 is 7.37 Å². The second-order valence-corrected chi connectivity index (χ2v) is 9.83. The van der Waals surface area contributed by atoms with E-state index >= 15 is 0 Å². The van der Waals surface area contributed by atoms with E-state index in [1.54, 1.807) is 0 Å². The van der Waals surface area contributed by atoms with Crippen molar-refractivity contribution in [3.05, 3.63) is 0 Å². The molecule has 0 spiro atoms. The zero-order valence-electron chi connectivity index (χ0n) is 16.5. The molecule has 0 aliphatic rings. The van der Waals surface area contributed by atoms with Crippen LogP contribution in [0.2, 0.25) is 0 Å². The molecule has 144 valence electrons. The summed E-state index contributed by atoms with van der Waals surface area (Å²) >= 11 is 0. The van der Waals surface area contributed by atoms with E-state index in [4.69, 9.17) is 0 Å². The molecule has 0 saturated heterocycles. The molecular weight excluding hydrogens is 447 g/mol. The molecule has 0 atom stereocenters. The Morgan fingerprint density at radius 2 is 0.792 bits per heavy atom. The predicted molar refractivity (Wildman–Crippen MR) is 105 cm³/mol. The molecule has 4 heteroatoms. The number of rotatable bonds is 18. The minimum Gasteiger partial charge on any atom is -0.344 e. The van der Waals surface area contributed by atoms with Gasteiger partial charge in [-0.2, -0.15) is 0 Å². The summed E-state index contributed by atoms with van der Waals surface area (Å²) in [4.78, 5) is 10.0. The normalized spacial score (nSPS) is 11.5. The molecule has 0 aliphatic heterocycles. The van der Waals surface area contributed by atoms with Crippen molar-refractivity contribution in [3.8, 4) is 0 Å². The molecule has 0 fully saturated rings. The van der Waals surface area contributed by atoms with E-state index in [0.717, 1.165) is 25.7 Å². The van der Waals surface area contributed by atoms with Crippen molar-refractivity contribution in [1.82, 2.24) is 0 Å². The Kier molecular flexibility index (Phi) is 24.1. The molecule has 0 aliphatic carbocycles. The topological polar surface area (TPSA) is 37.3 Å². The van der Waals surface area contributed by atoms with Crippen LogP contribution in [-0.2, 0) is 4.57 Å². The van der Waals surface area contributed by atoms with Crippen molar-refractivity contribution < 1.29 is 50.3 Å². The van der Waals surface area contributed by atoms with Crippen LogP contribution in [0, 0.1) is 40.8 Å². The summed E-state index contributed by atoms with van der Waals surface area (Å²) in [6.45, 7) is 4.48. The van der Waals surface area contributed by atoms with E-state index in [2.05, 4.69) is 13.8 Å². The fourth-order valence-corrected chi connectivity index (χ4v) is 4.76. The molecule has 0 radical (unpaired) electrons. The van der Waals surface area contributed by atoms with Gasteiger partial charge in [-0.05, 0) is 12.8 Å². The molecule has 0 heterocycles. The molecule has 2 nitrogen and oxygen atoms in total. The van der Waals surface area contributed by atoms with Gasteiger partial charge in [-0.1, -0.05) is 104 Å². The van der Waals surface area contributed by atoms with E-state index in [9.17, 15) is 9.46 Å². The second kappa shape index (κ2) is 20.8. The molecule has 1 N–H and O–H groups in total. The molecule has 0 bridgehead atoms. The van der Waals surface area contributed by atoms with Gasteiger partial charge in [-0.25, -0.2) is 0 Å². The van der Waals surface area contributed by atoms with Gasteiger partial charge in [0.2, 0.25) is 7.37 Å². The monoisotopic (exact) mass is 488 g/mol. The Bertz CT molecular complexity index is 261. The van der Waals surface area contributed by atoms with Crippen molar-refractivity contribution in [2.24, 2.45) is 0 Å². The molecule has 0 rings (SSSR count). The van der Waals surface area contributed by atoms with Crippen LogP contribution < -0.4 is 0 Å². The summed E-state index contributed by atoms with van der Waals surface area (Å²) < 4.78 is 12.1. The number of unbranched alkanes of at least 4 members (excludes halogenated alkanes) is 14. The standard InChI is InChI=1S/C20H43O2P.Nd/c1-3-5-7-9-11-13-15-17-19-23(21,22)20-18-16-14-12-10-8-6-4-2;/h3-20H2,1-2H3,(H,21,22);. The molecular formula is C20H43NdO2P. The maximum absolute atomic E-state index is 12.1. The van der Waals surface area contributed by atoms with Crippen LogP contribution in [-0.4, -0.2) is 17.2 Å². The van der Waals surface area contributed by atoms with Crippen LogP contribution in [0.4, 0.5) is 0 Å². The van der Waals surface area contributed by atoms with Gasteiger partial charge in [0.1, 0.15) is 0 Å². The van der Waals surface area contributed by atoms with Crippen LogP contribution in [0.3, 0.4) is 0 Å². The first kappa shape index (κ1) is 27.8. The zero-order chi connectivity index (χ0) is 17.2. The fourth-order valence-electron chi connectivity index (χ4n) is 3.10. The summed E-state index contributed by atoms with van der Waals surface area (Å²) in [5.41, 5.74) is 0. The Hall–Kier alpha value is 1.54. The molecule has 0 saturated carbocycles. The summed E-state index contributed by atoms with van der Waals surface area (Å²) in [6.07, 6.45) is 21.0. The van der Waals surface area contributed by atoms with Gasteiger partial charge in [0.15, 0.2) is 0 Å². The Morgan fingerprint density at radius 3 is 1.08 bits per heavy atom. The summed E-state index contributed by atoms with van der Waals surface area (Å²) in [7, 11) is -2.82. The minimum atomic E-state index is -2.82. The Balaban J connectivity index is 0. The Labute approximate surface area is 185 Å². The summed E-state index contributed by atoms with van der Waals surface area (Å²) in [5.74, 6) is 0. The average Bonchev–Trinajstić information content (AvgIpc) is 2.52. The van der Waals surface area contributed by atoms with E-state index in [1.807, 2.05) is 0 Å². The third-order valence-electron chi connectivity index (χ3n) is 4.72. The SMILES string of the molecule is CCCCCCCCCCP(=O)(O)CCCCCCCCCC.[Nd]. The maximum atomic E-state index is 12.1. The fraction of sp³-hybridized carbons (Fsp3) is 1.00. The molecule has 0 aromatic carbocycles. The average molecular weight is 491 g/mol. The van der Waals surface area contributed by atoms with Crippen molar-refractivity contribution in [2.75, 3.05) is 12.3 Å². The molecule has 0 amide bonds. The summed E-state index contributed by atoms with van der Waals surface area (Å²) in [6, 6.07) is 0. The van der Waals surface area contributed by atoms with Crippen LogP contribution in [0.5, 0.6) is 0 Å². The van der Waals surface area contributed by atoms with E-state index in [1.165, 1.54) is 77.0 Å². The largest absolute Gasteiger partial charge is 0.344 e. The van der Waals surface area contributed by atoms with Gasteiger partial charge in [-0.15, -0.1) is 0 Å². The van der Waals surface area contributed by atoms with E-state index in [0.29, 0.717) is 12.3 Å². The van der Waals surface area contributed by atoms with E-state index < -0.39 is 7.37 Å². The van der Waals surface area contributed by atoms with Crippen molar-refractivity contribution in [3.63, 3.8) is 0 Å². The van der Waals surface area contributed by atoms with Crippen molar-refractivity contribution in [2.45, 2.75) is 117 Å². The van der Waals surface area contributed by atoms with Gasteiger partial charge >= 0.3 is 0 Å². The summed E-state index contributed by atoms with van der Waals surface area (Å²) in [5, 5.41) is 0. The molecule has 0 aromatic rings. The molecule has 0 unspecified atom stereocenters. The van der Waals surface area contributed by atoms with Gasteiger partial charge < -0.3 is 4.89 Å². The van der Waals surface area contributed by atoms with Gasteiger partial charge in [0.05, 0.1) is 0 Å². The predicted octanol–water partition coefficient (Wildman–Crippen LogP) is 7.54. The zero-order valence-corrected chi connectivity index (χ0v) is 20.6. The Morgan fingerprint density at radius 1 is 0.542 bits per heavy atom. The van der Waals surface area contributed by atoms with Gasteiger partial charge in [-0.3, -0.25) is 4.57 Å². The van der Waals surface area contributed by atoms with Crippen LogP contribution in [0.1, 0.15) is 117 Å². The first-order valence-electron chi connectivity index (χ1n) is 10.4. The minimum absolute atomic E-state index is 0. The molecule has 24 heavy (non-hydrogen) atoms. The molecule has 0 aromatic heterocycles. The van der Waals surface area contributed by atoms with Crippen LogP contribution in [0.15, 0.2) is 0 Å². The number of hydrogen-bond donors (Lipinski definition) is 1. The number of hydrogen-bond acceptors (Lipinski definition) is 1.